The number of unbranched alkanes of at least 4 members (excludes halogenated alkanes) is 1. The molecule has 1 fully saturated rings. The van der Waals surface area contributed by atoms with Gasteiger partial charge in [0.2, 0.25) is 5.91 Å². The highest BCUT2D eigenvalue weighted by atomic mass is 16.4. The fourth-order valence-electron chi connectivity index (χ4n) is 1.49. The Morgan fingerprint density at radius 1 is 1.43 bits per heavy atom. The van der Waals surface area contributed by atoms with Gasteiger partial charge in [-0.2, -0.15) is 0 Å². The maximum absolute atomic E-state index is 11.6. The number of carboxylic acids is 1. The van der Waals surface area contributed by atoms with Crippen LogP contribution in [0.3, 0.4) is 0 Å². The largest absolute Gasteiger partial charge is 0.481 e. The molecule has 1 amide bonds. The van der Waals surface area contributed by atoms with Crippen molar-refractivity contribution in [3.63, 3.8) is 0 Å². The summed E-state index contributed by atoms with van der Waals surface area (Å²) in [6.45, 7) is 2.72. The number of hydrogen-bond donors (Lipinski definition) is 2. The summed E-state index contributed by atoms with van der Waals surface area (Å²) in [7, 11) is 0. The lowest BCUT2D eigenvalue weighted by molar-refractivity contribution is -0.142. The molecule has 14 heavy (non-hydrogen) atoms. The number of carbonyl (C=O) groups is 2. The zero-order chi connectivity index (χ0) is 10.6. The van der Waals surface area contributed by atoms with Crippen molar-refractivity contribution >= 4 is 11.9 Å². The van der Waals surface area contributed by atoms with Crippen LogP contribution in [-0.4, -0.2) is 23.5 Å². The molecule has 0 aromatic heterocycles. The summed E-state index contributed by atoms with van der Waals surface area (Å²) in [6, 6.07) is 0. The van der Waals surface area contributed by atoms with E-state index in [1.54, 1.807) is 0 Å². The van der Waals surface area contributed by atoms with Crippen LogP contribution in [0.5, 0.6) is 0 Å². The Balaban J connectivity index is 2.32. The van der Waals surface area contributed by atoms with E-state index in [9.17, 15) is 9.59 Å². The molecule has 0 heterocycles. The minimum absolute atomic E-state index is 0.0229. The molecule has 0 atom stereocenters. The average molecular weight is 199 g/mol. The van der Waals surface area contributed by atoms with E-state index in [0.717, 1.165) is 25.7 Å². The molecule has 0 bridgehead atoms. The van der Waals surface area contributed by atoms with Gasteiger partial charge in [0, 0.05) is 6.54 Å². The van der Waals surface area contributed by atoms with Crippen molar-refractivity contribution in [1.82, 2.24) is 5.32 Å². The zero-order valence-electron chi connectivity index (χ0n) is 8.51. The third-order valence-corrected chi connectivity index (χ3v) is 2.64. The van der Waals surface area contributed by atoms with E-state index in [1.165, 1.54) is 0 Å². The highest BCUT2D eigenvalue weighted by molar-refractivity contribution is 5.89. The monoisotopic (exact) mass is 199 g/mol. The van der Waals surface area contributed by atoms with Crippen LogP contribution in [0.2, 0.25) is 0 Å². The first-order valence-corrected chi connectivity index (χ1v) is 5.11. The Bertz CT molecular complexity index is 234. The molecule has 1 rings (SSSR count). The van der Waals surface area contributed by atoms with Gasteiger partial charge in [-0.05, 0) is 19.3 Å². The molecule has 4 heteroatoms. The van der Waals surface area contributed by atoms with Gasteiger partial charge in [-0.1, -0.05) is 13.3 Å². The van der Waals surface area contributed by atoms with Crippen LogP contribution in [0.25, 0.3) is 0 Å². The van der Waals surface area contributed by atoms with Gasteiger partial charge in [0.15, 0.2) is 0 Å². The molecule has 80 valence electrons. The fourth-order valence-corrected chi connectivity index (χ4v) is 1.49. The molecular formula is C10H17NO3. The molecule has 0 aliphatic heterocycles. The molecule has 2 N–H and O–H groups in total. The van der Waals surface area contributed by atoms with Crippen LogP contribution < -0.4 is 5.32 Å². The second-order valence-electron chi connectivity index (χ2n) is 3.96. The molecule has 0 saturated heterocycles. The van der Waals surface area contributed by atoms with Crippen molar-refractivity contribution in [3.05, 3.63) is 0 Å². The smallest absolute Gasteiger partial charge is 0.304 e. The standard InChI is InChI=1S/C10H17NO3/c1-2-3-6-11-9(14)10(4-5-10)7-8(12)13/h2-7H2,1H3,(H,11,14)(H,12,13). The Morgan fingerprint density at radius 2 is 2.07 bits per heavy atom. The van der Waals surface area contributed by atoms with Gasteiger partial charge in [0.25, 0.3) is 0 Å². The van der Waals surface area contributed by atoms with E-state index in [-0.39, 0.29) is 12.3 Å². The highest BCUT2D eigenvalue weighted by Gasteiger charge is 2.51. The van der Waals surface area contributed by atoms with Crippen LogP contribution >= 0.6 is 0 Å². The third-order valence-electron chi connectivity index (χ3n) is 2.64. The van der Waals surface area contributed by atoms with Crippen LogP contribution in [0, 0.1) is 5.41 Å². The Morgan fingerprint density at radius 3 is 2.50 bits per heavy atom. The normalized spacial score (nSPS) is 17.5. The summed E-state index contributed by atoms with van der Waals surface area (Å²) in [6.07, 6.45) is 3.40. The van der Waals surface area contributed by atoms with Gasteiger partial charge in [-0.25, -0.2) is 0 Å². The molecule has 0 radical (unpaired) electrons. The van der Waals surface area contributed by atoms with Gasteiger partial charge in [-0.3, -0.25) is 9.59 Å². The number of carboxylic acid groups (broad SMARTS) is 1. The van der Waals surface area contributed by atoms with Crippen LogP contribution in [0.1, 0.15) is 39.0 Å². The number of aliphatic carboxylic acids is 1. The molecular weight excluding hydrogens is 182 g/mol. The summed E-state index contributed by atoms with van der Waals surface area (Å²) in [5.41, 5.74) is -0.570. The molecule has 0 unspecified atom stereocenters. The second-order valence-corrected chi connectivity index (χ2v) is 3.96. The van der Waals surface area contributed by atoms with Crippen LogP contribution in [0.15, 0.2) is 0 Å². The van der Waals surface area contributed by atoms with Crippen molar-refractivity contribution < 1.29 is 14.7 Å². The molecule has 0 aromatic carbocycles. The van der Waals surface area contributed by atoms with E-state index in [4.69, 9.17) is 5.11 Å². The van der Waals surface area contributed by atoms with Gasteiger partial charge < -0.3 is 10.4 Å². The third kappa shape index (κ3) is 2.72. The number of nitrogens with one attached hydrogen (secondary N) is 1. The number of hydrogen-bond acceptors (Lipinski definition) is 2. The minimum atomic E-state index is -0.881. The van der Waals surface area contributed by atoms with Crippen molar-refractivity contribution in [2.75, 3.05) is 6.54 Å². The summed E-state index contributed by atoms with van der Waals surface area (Å²) in [5, 5.41) is 11.4. The van der Waals surface area contributed by atoms with Gasteiger partial charge >= 0.3 is 5.97 Å². The number of amides is 1. The molecule has 0 spiro atoms. The summed E-state index contributed by atoms with van der Waals surface area (Å²) in [4.78, 5) is 22.1. The lowest BCUT2D eigenvalue weighted by atomic mass is 10.0. The lowest BCUT2D eigenvalue weighted by Gasteiger charge is -2.12. The number of carbonyl (C=O) groups excluding carboxylic acids is 1. The average Bonchev–Trinajstić information content (AvgIpc) is 2.85. The topological polar surface area (TPSA) is 66.4 Å². The van der Waals surface area contributed by atoms with Gasteiger partial charge in [0.1, 0.15) is 0 Å². The van der Waals surface area contributed by atoms with Crippen molar-refractivity contribution in [2.45, 2.75) is 39.0 Å². The summed E-state index contributed by atoms with van der Waals surface area (Å²) in [5.74, 6) is -0.957. The molecule has 1 aliphatic carbocycles. The predicted octanol–water partition coefficient (Wildman–Crippen LogP) is 1.16. The lowest BCUT2D eigenvalue weighted by Crippen LogP contribution is -2.34. The SMILES string of the molecule is CCCCNC(=O)C1(CC(=O)O)CC1. The Hall–Kier alpha value is -1.06. The summed E-state index contributed by atoms with van der Waals surface area (Å²) < 4.78 is 0. The minimum Gasteiger partial charge on any atom is -0.481 e. The van der Waals surface area contributed by atoms with Crippen molar-refractivity contribution in [3.8, 4) is 0 Å². The maximum atomic E-state index is 11.6. The van der Waals surface area contributed by atoms with E-state index in [2.05, 4.69) is 12.2 Å². The highest BCUT2D eigenvalue weighted by Crippen LogP contribution is 2.48. The molecule has 4 nitrogen and oxygen atoms in total. The predicted molar refractivity (Wildman–Crippen MR) is 51.8 cm³/mol. The first-order valence-electron chi connectivity index (χ1n) is 5.11. The molecule has 1 saturated carbocycles. The molecule has 1 aliphatic rings. The second kappa shape index (κ2) is 4.44. The van der Waals surface area contributed by atoms with Crippen LogP contribution in [-0.2, 0) is 9.59 Å². The first-order chi connectivity index (χ1) is 6.60. The van der Waals surface area contributed by atoms with E-state index >= 15 is 0 Å². The fraction of sp³-hybridized carbons (Fsp3) is 0.800. The van der Waals surface area contributed by atoms with Crippen molar-refractivity contribution in [1.29, 1.82) is 0 Å². The van der Waals surface area contributed by atoms with Gasteiger partial charge in [-0.15, -0.1) is 0 Å². The number of rotatable bonds is 6. The van der Waals surface area contributed by atoms with E-state index in [1.807, 2.05) is 0 Å². The zero-order valence-corrected chi connectivity index (χ0v) is 8.51. The Labute approximate surface area is 83.7 Å². The quantitative estimate of drug-likeness (QED) is 0.631. The van der Waals surface area contributed by atoms with Crippen molar-refractivity contribution in [2.24, 2.45) is 5.41 Å². The molecule has 0 aromatic rings. The van der Waals surface area contributed by atoms with E-state index in [0.29, 0.717) is 6.54 Å². The summed E-state index contributed by atoms with van der Waals surface area (Å²) >= 11 is 0. The first kappa shape index (κ1) is 11.0. The Kier molecular flexibility index (Phi) is 3.49. The maximum Gasteiger partial charge on any atom is 0.304 e. The van der Waals surface area contributed by atoms with E-state index < -0.39 is 11.4 Å². The van der Waals surface area contributed by atoms with Crippen LogP contribution in [0.4, 0.5) is 0 Å². The van der Waals surface area contributed by atoms with Gasteiger partial charge in [0.05, 0.1) is 11.8 Å².